The minimum atomic E-state index is -5.43. The van der Waals surface area contributed by atoms with Gasteiger partial charge in [-0.2, -0.15) is 13.2 Å². The first-order chi connectivity index (χ1) is 7.20. The molecule has 0 aromatic carbocycles. The quantitative estimate of drug-likeness (QED) is 0.692. The molecule has 0 bridgehead atoms. The number of nitrogens with one attached hydrogen (secondary N) is 2. The van der Waals surface area contributed by atoms with E-state index in [1.54, 1.807) is 5.87 Å². The highest BCUT2D eigenvalue weighted by Crippen LogP contribution is 2.31. The van der Waals surface area contributed by atoms with E-state index in [2.05, 4.69) is 0 Å². The van der Waals surface area contributed by atoms with Crippen LogP contribution >= 0.6 is 0 Å². The van der Waals surface area contributed by atoms with E-state index in [9.17, 15) is 21.6 Å². The summed E-state index contributed by atoms with van der Waals surface area (Å²) in [5.74, 6) is 1.69. The Morgan fingerprint density at radius 2 is 1.81 bits per heavy atom. The lowest BCUT2D eigenvalue weighted by Gasteiger charge is -2.11. The van der Waals surface area contributed by atoms with Gasteiger partial charge in [-0.25, -0.2) is 8.42 Å². The zero-order valence-electron chi connectivity index (χ0n) is 7.59. The van der Waals surface area contributed by atoms with Crippen LogP contribution in [-0.2, 0) is 9.84 Å². The first-order valence-corrected chi connectivity index (χ1v) is 5.28. The van der Waals surface area contributed by atoms with E-state index < -0.39 is 20.3 Å². The number of halogens is 3. The molecule has 0 atom stereocenters. The van der Waals surface area contributed by atoms with Gasteiger partial charge in [-0.1, -0.05) is 0 Å². The van der Waals surface area contributed by atoms with E-state index in [1.807, 2.05) is 0 Å². The molecular weight excluding hydrogens is 245 g/mol. The maximum absolute atomic E-state index is 12.2. The molecule has 0 spiro atoms. The summed E-state index contributed by atoms with van der Waals surface area (Å²) in [6, 6.07) is 0. The lowest BCUT2D eigenvalue weighted by Crippen LogP contribution is -2.25. The highest BCUT2D eigenvalue weighted by molar-refractivity contribution is 7.96. The standard InChI is InChI=1S/C8H5F3N2O2S/c9-8(10,11)16(14,15)6-1-2-7(13)5(3-6)4-12/h1-3,12-13H. The van der Waals surface area contributed by atoms with Gasteiger partial charge in [0.05, 0.1) is 16.2 Å². The summed E-state index contributed by atoms with van der Waals surface area (Å²) in [6.45, 7) is 0. The Kier molecular flexibility index (Phi) is 2.89. The van der Waals surface area contributed by atoms with Crippen LogP contribution in [0.15, 0.2) is 28.7 Å². The highest BCUT2D eigenvalue weighted by Gasteiger charge is 2.47. The van der Waals surface area contributed by atoms with E-state index in [0.29, 0.717) is 12.2 Å². The van der Waals surface area contributed by atoms with Crippen LogP contribution < -0.4 is 0 Å². The lowest BCUT2D eigenvalue weighted by atomic mass is 10.1. The molecule has 0 radical (unpaired) electrons. The predicted octanol–water partition coefficient (Wildman–Crippen LogP) is 1.57. The van der Waals surface area contributed by atoms with E-state index in [-0.39, 0.29) is 11.3 Å². The molecule has 2 N–H and O–H groups in total. The van der Waals surface area contributed by atoms with Crippen molar-refractivity contribution >= 4 is 21.4 Å². The van der Waals surface area contributed by atoms with Crippen LogP contribution in [0, 0.1) is 10.8 Å². The van der Waals surface area contributed by atoms with Gasteiger partial charge >= 0.3 is 5.51 Å². The Hall–Kier alpha value is -1.66. The third kappa shape index (κ3) is 1.98. The SMILES string of the molecule is N=C=C1C=C(S(=O)(=O)C(F)(F)F)C=CC1=N. The molecule has 1 aliphatic carbocycles. The highest BCUT2D eigenvalue weighted by atomic mass is 32.2. The number of allylic oxidation sites excluding steroid dienone is 4. The first-order valence-electron chi connectivity index (χ1n) is 3.80. The zero-order valence-corrected chi connectivity index (χ0v) is 8.41. The maximum Gasteiger partial charge on any atom is 0.501 e. The van der Waals surface area contributed by atoms with Crippen LogP contribution in [0.4, 0.5) is 13.2 Å². The Bertz CT molecular complexity index is 548. The minimum Gasteiger partial charge on any atom is -0.300 e. The summed E-state index contributed by atoms with van der Waals surface area (Å²) in [5, 5.41) is 13.9. The minimum absolute atomic E-state index is 0.267. The number of hydrogen-bond acceptors (Lipinski definition) is 4. The van der Waals surface area contributed by atoms with Crippen LogP contribution in [0.1, 0.15) is 0 Å². The van der Waals surface area contributed by atoms with Gasteiger partial charge in [-0.3, -0.25) is 10.8 Å². The second-order valence-electron chi connectivity index (χ2n) is 2.78. The van der Waals surface area contributed by atoms with Gasteiger partial charge in [0.25, 0.3) is 9.84 Å². The van der Waals surface area contributed by atoms with Gasteiger partial charge in [-0.05, 0) is 24.1 Å². The molecule has 0 aromatic heterocycles. The topological polar surface area (TPSA) is 81.8 Å². The summed E-state index contributed by atoms with van der Waals surface area (Å²) in [4.78, 5) is -0.995. The number of rotatable bonds is 1. The maximum atomic E-state index is 12.2. The average molecular weight is 250 g/mol. The van der Waals surface area contributed by atoms with Gasteiger partial charge < -0.3 is 0 Å². The van der Waals surface area contributed by atoms with Gasteiger partial charge in [0.1, 0.15) is 0 Å². The molecule has 16 heavy (non-hydrogen) atoms. The second kappa shape index (κ2) is 3.73. The summed E-state index contributed by atoms with van der Waals surface area (Å²) >= 11 is 0. The first kappa shape index (κ1) is 12.4. The number of alkyl halides is 3. The lowest BCUT2D eigenvalue weighted by molar-refractivity contribution is -0.0425. The van der Waals surface area contributed by atoms with E-state index in [1.165, 1.54) is 0 Å². The van der Waals surface area contributed by atoms with Crippen molar-refractivity contribution in [2.75, 3.05) is 0 Å². The molecule has 0 fully saturated rings. The molecule has 0 unspecified atom stereocenters. The van der Waals surface area contributed by atoms with E-state index in [4.69, 9.17) is 10.8 Å². The largest absolute Gasteiger partial charge is 0.501 e. The average Bonchev–Trinajstić information content (AvgIpc) is 2.16. The summed E-state index contributed by atoms with van der Waals surface area (Å²) < 4.78 is 58.4. The van der Waals surface area contributed by atoms with Gasteiger partial charge in [0.2, 0.25) is 0 Å². The molecule has 0 aliphatic heterocycles. The van der Waals surface area contributed by atoms with Gasteiger partial charge in [-0.15, -0.1) is 0 Å². The van der Waals surface area contributed by atoms with Crippen LogP contribution in [0.3, 0.4) is 0 Å². The summed E-state index contributed by atoms with van der Waals surface area (Å²) in [6.07, 6.45) is 2.14. The molecule has 0 heterocycles. The Labute approximate surface area is 88.7 Å². The van der Waals surface area contributed by atoms with E-state index >= 15 is 0 Å². The Balaban J connectivity index is 3.35. The van der Waals surface area contributed by atoms with E-state index in [0.717, 1.165) is 6.08 Å². The van der Waals surface area contributed by atoms with Crippen LogP contribution in [-0.4, -0.2) is 25.5 Å². The molecule has 86 valence electrons. The number of sulfone groups is 1. The molecule has 1 rings (SSSR count). The molecule has 0 saturated heterocycles. The van der Waals surface area contributed by atoms with Crippen molar-refractivity contribution in [3.05, 3.63) is 28.7 Å². The van der Waals surface area contributed by atoms with Crippen molar-refractivity contribution in [3.63, 3.8) is 0 Å². The Morgan fingerprint density at radius 1 is 1.25 bits per heavy atom. The van der Waals surface area contributed by atoms with Gasteiger partial charge in [0, 0.05) is 0 Å². The smallest absolute Gasteiger partial charge is 0.300 e. The molecule has 1 aliphatic rings. The van der Waals surface area contributed by atoms with Crippen molar-refractivity contribution in [1.82, 2.24) is 0 Å². The molecule has 4 nitrogen and oxygen atoms in total. The molecule has 0 amide bonds. The molecular formula is C8H5F3N2O2S. The summed E-state index contributed by atoms with van der Waals surface area (Å²) in [5.41, 5.74) is -5.98. The summed E-state index contributed by atoms with van der Waals surface area (Å²) in [7, 11) is -5.43. The third-order valence-corrected chi connectivity index (χ3v) is 3.22. The third-order valence-electron chi connectivity index (χ3n) is 1.74. The fourth-order valence-electron chi connectivity index (χ4n) is 0.928. The van der Waals surface area contributed by atoms with Crippen molar-refractivity contribution in [3.8, 4) is 0 Å². The van der Waals surface area contributed by atoms with Crippen molar-refractivity contribution in [1.29, 1.82) is 10.8 Å². The normalized spacial score (nSPS) is 17.1. The van der Waals surface area contributed by atoms with Crippen molar-refractivity contribution in [2.24, 2.45) is 0 Å². The van der Waals surface area contributed by atoms with Crippen molar-refractivity contribution in [2.45, 2.75) is 5.51 Å². The van der Waals surface area contributed by atoms with Crippen LogP contribution in [0.5, 0.6) is 0 Å². The zero-order chi connectivity index (χ0) is 12.6. The molecule has 0 saturated carbocycles. The fraction of sp³-hybridized carbons (Fsp3) is 0.125. The van der Waals surface area contributed by atoms with Crippen LogP contribution in [0.25, 0.3) is 0 Å². The van der Waals surface area contributed by atoms with Crippen LogP contribution in [0.2, 0.25) is 0 Å². The molecule has 0 aromatic rings. The van der Waals surface area contributed by atoms with Crippen molar-refractivity contribution < 1.29 is 21.6 Å². The van der Waals surface area contributed by atoms with Gasteiger partial charge in [0.15, 0.2) is 0 Å². The fourth-order valence-corrected chi connectivity index (χ4v) is 1.72. The predicted molar refractivity (Wildman–Crippen MR) is 51.2 cm³/mol. The monoisotopic (exact) mass is 250 g/mol. The Morgan fingerprint density at radius 3 is 2.25 bits per heavy atom. The molecule has 8 heteroatoms. The number of hydrogen-bond donors (Lipinski definition) is 2. The second-order valence-corrected chi connectivity index (χ2v) is 4.72.